The van der Waals surface area contributed by atoms with E-state index in [1.807, 2.05) is 0 Å². The van der Waals surface area contributed by atoms with Crippen LogP contribution >= 0.6 is 0 Å². The van der Waals surface area contributed by atoms with Gasteiger partial charge in [0.25, 0.3) is 0 Å². The topological polar surface area (TPSA) is 61.4 Å². The van der Waals surface area contributed by atoms with E-state index < -0.39 is 0 Å². The van der Waals surface area contributed by atoms with Crippen molar-refractivity contribution in [2.75, 3.05) is 20.1 Å². The number of hydrogen-bond acceptors (Lipinski definition) is 3. The first-order valence-electron chi connectivity index (χ1n) is 6.92. The van der Waals surface area contributed by atoms with Crippen molar-refractivity contribution in [3.8, 4) is 0 Å². The number of likely N-dealkylation sites (N-methyl/N-ethyl adjacent to an activating group) is 1. The van der Waals surface area contributed by atoms with Gasteiger partial charge in [-0.15, -0.1) is 0 Å². The van der Waals surface area contributed by atoms with Crippen molar-refractivity contribution in [2.45, 2.75) is 50.6 Å². The lowest BCUT2D eigenvalue weighted by molar-refractivity contribution is -0.133. The molecule has 1 aliphatic heterocycles. The van der Waals surface area contributed by atoms with Gasteiger partial charge >= 0.3 is 0 Å². The number of likely N-dealkylation sites (tertiary alicyclic amines) is 1. The van der Waals surface area contributed by atoms with Crippen LogP contribution in [0.1, 0.15) is 38.5 Å². The van der Waals surface area contributed by atoms with Crippen LogP contribution in [0.4, 0.5) is 0 Å². The Balaban J connectivity index is 1.65. The van der Waals surface area contributed by atoms with E-state index >= 15 is 0 Å². The molecule has 1 unspecified atom stereocenters. The fourth-order valence-corrected chi connectivity index (χ4v) is 2.78. The lowest BCUT2D eigenvalue weighted by atomic mass is 10.1. The molecular formula is C13H23N3O2. The zero-order valence-corrected chi connectivity index (χ0v) is 11.1. The molecule has 0 aromatic rings. The molecule has 5 nitrogen and oxygen atoms in total. The molecule has 2 aliphatic rings. The van der Waals surface area contributed by atoms with Crippen LogP contribution in [0.25, 0.3) is 0 Å². The Labute approximate surface area is 108 Å². The summed E-state index contributed by atoms with van der Waals surface area (Å²) in [7, 11) is 1.79. The maximum absolute atomic E-state index is 11.8. The van der Waals surface area contributed by atoms with E-state index in [4.69, 9.17) is 0 Å². The first-order valence-corrected chi connectivity index (χ1v) is 6.92. The molecule has 0 spiro atoms. The van der Waals surface area contributed by atoms with Crippen molar-refractivity contribution in [2.24, 2.45) is 0 Å². The lowest BCUT2D eigenvalue weighted by Crippen LogP contribution is -2.50. The van der Waals surface area contributed by atoms with Crippen LogP contribution in [0.5, 0.6) is 0 Å². The van der Waals surface area contributed by atoms with Gasteiger partial charge in [0.15, 0.2) is 0 Å². The fraction of sp³-hybridized carbons (Fsp3) is 0.846. The number of carbonyl (C=O) groups is 2. The van der Waals surface area contributed by atoms with Crippen molar-refractivity contribution in [1.29, 1.82) is 0 Å². The summed E-state index contributed by atoms with van der Waals surface area (Å²) in [4.78, 5) is 24.8. The van der Waals surface area contributed by atoms with Crippen LogP contribution < -0.4 is 10.6 Å². The summed E-state index contributed by atoms with van der Waals surface area (Å²) < 4.78 is 0. The van der Waals surface area contributed by atoms with Crippen molar-refractivity contribution in [3.05, 3.63) is 0 Å². The van der Waals surface area contributed by atoms with E-state index in [-0.39, 0.29) is 17.9 Å². The molecule has 2 amide bonds. The summed E-state index contributed by atoms with van der Waals surface area (Å²) in [6.45, 7) is 1.03. The molecule has 18 heavy (non-hydrogen) atoms. The van der Waals surface area contributed by atoms with E-state index in [0.717, 1.165) is 6.42 Å². The second kappa shape index (κ2) is 6.18. The van der Waals surface area contributed by atoms with Gasteiger partial charge in [0, 0.05) is 32.1 Å². The van der Waals surface area contributed by atoms with E-state index in [1.165, 1.54) is 25.7 Å². The standard InChI is InChI=1S/C13H23N3O2/c1-16-9-11(6-7-13(16)18)15-12(17)8-14-10-4-2-3-5-10/h10-11,14H,2-9H2,1H3,(H,15,17). The highest BCUT2D eigenvalue weighted by Crippen LogP contribution is 2.17. The average Bonchev–Trinajstić information content (AvgIpc) is 2.84. The van der Waals surface area contributed by atoms with Crippen LogP contribution in [-0.2, 0) is 9.59 Å². The molecule has 2 rings (SSSR count). The molecule has 0 aromatic carbocycles. The molecule has 0 bridgehead atoms. The maximum atomic E-state index is 11.8. The van der Waals surface area contributed by atoms with E-state index in [9.17, 15) is 9.59 Å². The van der Waals surface area contributed by atoms with E-state index in [1.54, 1.807) is 11.9 Å². The molecular weight excluding hydrogens is 230 g/mol. The molecule has 1 saturated carbocycles. The Morgan fingerprint density at radius 2 is 2.00 bits per heavy atom. The predicted molar refractivity (Wildman–Crippen MR) is 69.1 cm³/mol. The molecule has 5 heteroatoms. The Morgan fingerprint density at radius 1 is 1.28 bits per heavy atom. The largest absolute Gasteiger partial charge is 0.350 e. The lowest BCUT2D eigenvalue weighted by Gasteiger charge is -2.30. The van der Waals surface area contributed by atoms with Gasteiger partial charge in [-0.2, -0.15) is 0 Å². The van der Waals surface area contributed by atoms with Gasteiger partial charge in [0.05, 0.1) is 6.54 Å². The Hall–Kier alpha value is -1.10. The number of nitrogens with zero attached hydrogens (tertiary/aromatic N) is 1. The minimum Gasteiger partial charge on any atom is -0.350 e. The summed E-state index contributed by atoms with van der Waals surface area (Å²) in [6, 6.07) is 0.636. The van der Waals surface area contributed by atoms with Crippen LogP contribution in [0.15, 0.2) is 0 Å². The second-order valence-corrected chi connectivity index (χ2v) is 5.44. The van der Waals surface area contributed by atoms with Crippen molar-refractivity contribution >= 4 is 11.8 Å². The van der Waals surface area contributed by atoms with Crippen molar-refractivity contribution in [1.82, 2.24) is 15.5 Å². The average molecular weight is 253 g/mol. The van der Waals surface area contributed by atoms with Gasteiger partial charge in [-0.25, -0.2) is 0 Å². The quantitative estimate of drug-likeness (QED) is 0.755. The third-order valence-electron chi connectivity index (χ3n) is 3.90. The number of carbonyl (C=O) groups excluding carboxylic acids is 2. The number of piperidine rings is 1. The Kier molecular flexibility index (Phi) is 4.58. The van der Waals surface area contributed by atoms with Gasteiger partial charge in [0.1, 0.15) is 0 Å². The van der Waals surface area contributed by atoms with Gasteiger partial charge in [-0.3, -0.25) is 9.59 Å². The number of amides is 2. The molecule has 102 valence electrons. The molecule has 1 aliphatic carbocycles. The first kappa shape index (κ1) is 13.3. The molecule has 2 N–H and O–H groups in total. The summed E-state index contributed by atoms with van der Waals surface area (Å²) in [5.41, 5.74) is 0. The summed E-state index contributed by atoms with van der Waals surface area (Å²) in [5.74, 6) is 0.222. The Morgan fingerprint density at radius 3 is 2.67 bits per heavy atom. The minimum absolute atomic E-state index is 0.0506. The summed E-state index contributed by atoms with van der Waals surface area (Å²) in [6.07, 6.45) is 6.22. The highest BCUT2D eigenvalue weighted by molar-refractivity contribution is 5.80. The maximum Gasteiger partial charge on any atom is 0.234 e. The second-order valence-electron chi connectivity index (χ2n) is 5.44. The molecule has 0 radical (unpaired) electrons. The number of hydrogen-bond donors (Lipinski definition) is 2. The smallest absolute Gasteiger partial charge is 0.234 e. The molecule has 1 saturated heterocycles. The zero-order valence-electron chi connectivity index (χ0n) is 11.1. The highest BCUT2D eigenvalue weighted by atomic mass is 16.2. The molecule has 1 heterocycles. The normalized spacial score (nSPS) is 25.5. The van der Waals surface area contributed by atoms with Gasteiger partial charge in [-0.05, 0) is 19.3 Å². The monoisotopic (exact) mass is 253 g/mol. The first-order chi connectivity index (χ1) is 8.65. The van der Waals surface area contributed by atoms with Crippen LogP contribution in [0, 0.1) is 0 Å². The van der Waals surface area contributed by atoms with Gasteiger partial charge in [-0.1, -0.05) is 12.8 Å². The van der Waals surface area contributed by atoms with Crippen LogP contribution in [0.2, 0.25) is 0 Å². The van der Waals surface area contributed by atoms with Crippen molar-refractivity contribution < 1.29 is 9.59 Å². The third kappa shape index (κ3) is 3.70. The van der Waals surface area contributed by atoms with Crippen molar-refractivity contribution in [3.63, 3.8) is 0 Å². The molecule has 0 aromatic heterocycles. The predicted octanol–water partition coefficient (Wildman–Crippen LogP) is 0.256. The van der Waals surface area contributed by atoms with E-state index in [2.05, 4.69) is 10.6 Å². The highest BCUT2D eigenvalue weighted by Gasteiger charge is 2.24. The van der Waals surface area contributed by atoms with Crippen LogP contribution in [0.3, 0.4) is 0 Å². The zero-order chi connectivity index (χ0) is 13.0. The summed E-state index contributed by atoms with van der Waals surface area (Å²) in [5, 5.41) is 6.30. The van der Waals surface area contributed by atoms with Gasteiger partial charge in [0.2, 0.25) is 11.8 Å². The van der Waals surface area contributed by atoms with Gasteiger partial charge < -0.3 is 15.5 Å². The third-order valence-corrected chi connectivity index (χ3v) is 3.90. The van der Waals surface area contributed by atoms with E-state index in [0.29, 0.717) is 25.6 Å². The van der Waals surface area contributed by atoms with Crippen LogP contribution in [-0.4, -0.2) is 48.9 Å². The fourth-order valence-electron chi connectivity index (χ4n) is 2.78. The Bertz CT molecular complexity index is 313. The summed E-state index contributed by atoms with van der Waals surface area (Å²) >= 11 is 0. The number of rotatable bonds is 4. The SMILES string of the molecule is CN1CC(NC(=O)CNC2CCCC2)CCC1=O. The minimum atomic E-state index is 0.0506. The number of nitrogens with one attached hydrogen (secondary N) is 2. The molecule has 1 atom stereocenters. The molecule has 2 fully saturated rings.